The molecule has 2 nitrogen and oxygen atoms in total. The Balaban J connectivity index is 1.93. The van der Waals surface area contributed by atoms with Crippen molar-refractivity contribution >= 4 is 11.6 Å². The van der Waals surface area contributed by atoms with Crippen LogP contribution >= 0.6 is 11.6 Å². The summed E-state index contributed by atoms with van der Waals surface area (Å²) in [6, 6.07) is 4.89. The Hall–Kier alpha value is -0.640. The Morgan fingerprint density at radius 2 is 2.18 bits per heavy atom. The average molecular weight is 258 g/mol. The van der Waals surface area contributed by atoms with Gasteiger partial charge in [0.1, 0.15) is 5.82 Å². The van der Waals surface area contributed by atoms with Crippen molar-refractivity contribution in [3.8, 4) is 0 Å². The van der Waals surface area contributed by atoms with E-state index in [9.17, 15) is 9.50 Å². The summed E-state index contributed by atoms with van der Waals surface area (Å²) >= 11 is 5.79. The Morgan fingerprint density at radius 1 is 1.35 bits per heavy atom. The van der Waals surface area contributed by atoms with E-state index in [0.717, 1.165) is 24.8 Å². The Kier molecular flexibility index (Phi) is 4.37. The lowest BCUT2D eigenvalue weighted by Crippen LogP contribution is -2.33. The van der Waals surface area contributed by atoms with Gasteiger partial charge in [-0.15, -0.1) is 0 Å². The molecule has 1 aromatic carbocycles. The van der Waals surface area contributed by atoms with E-state index in [4.69, 9.17) is 11.6 Å². The summed E-state index contributed by atoms with van der Waals surface area (Å²) in [5, 5.41) is 13.0. The maximum absolute atomic E-state index is 13.1. The van der Waals surface area contributed by atoms with Crippen LogP contribution in [0, 0.1) is 11.7 Å². The van der Waals surface area contributed by atoms with Crippen LogP contribution < -0.4 is 5.32 Å². The van der Waals surface area contributed by atoms with E-state index in [1.165, 1.54) is 12.1 Å². The molecular weight excluding hydrogens is 241 g/mol. The van der Waals surface area contributed by atoms with E-state index in [1.54, 1.807) is 6.07 Å². The second-order valence-corrected chi connectivity index (χ2v) is 5.08. The number of aliphatic hydroxyl groups is 1. The Labute approximate surface area is 106 Å². The zero-order valence-corrected chi connectivity index (χ0v) is 10.4. The largest absolute Gasteiger partial charge is 0.396 e. The predicted octanol–water partition coefficient (Wildman–Crippen LogP) is 2.73. The van der Waals surface area contributed by atoms with Gasteiger partial charge in [0.05, 0.1) is 0 Å². The lowest BCUT2D eigenvalue weighted by Gasteiger charge is -2.19. The first-order valence-electron chi connectivity index (χ1n) is 5.98. The standard InChI is InChI=1S/C13H17ClFNO/c14-11-4-9(5-12(15)6-11)7-16-13-3-1-2-10(13)8-17/h4-6,10,13,16-17H,1-3,7-8H2. The van der Waals surface area contributed by atoms with Crippen molar-refractivity contribution in [2.24, 2.45) is 5.92 Å². The van der Waals surface area contributed by atoms with Gasteiger partial charge in [0.25, 0.3) is 0 Å². The van der Waals surface area contributed by atoms with Gasteiger partial charge in [-0.2, -0.15) is 0 Å². The highest BCUT2D eigenvalue weighted by Gasteiger charge is 2.25. The third kappa shape index (κ3) is 3.41. The van der Waals surface area contributed by atoms with Crippen molar-refractivity contribution < 1.29 is 9.50 Å². The molecule has 0 spiro atoms. The highest BCUT2D eigenvalue weighted by atomic mass is 35.5. The van der Waals surface area contributed by atoms with Crippen molar-refractivity contribution in [2.75, 3.05) is 6.61 Å². The lowest BCUT2D eigenvalue weighted by atomic mass is 10.0. The predicted molar refractivity (Wildman–Crippen MR) is 66.5 cm³/mol. The first-order valence-corrected chi connectivity index (χ1v) is 6.36. The molecular formula is C13H17ClFNO. The number of halogens is 2. The molecule has 0 saturated heterocycles. The molecule has 0 radical (unpaired) electrons. The minimum atomic E-state index is -0.306. The number of hydrogen-bond donors (Lipinski definition) is 2. The highest BCUT2D eigenvalue weighted by molar-refractivity contribution is 6.30. The summed E-state index contributed by atoms with van der Waals surface area (Å²) in [7, 11) is 0. The summed E-state index contributed by atoms with van der Waals surface area (Å²) in [5.41, 5.74) is 0.846. The van der Waals surface area contributed by atoms with Crippen LogP contribution in [0.4, 0.5) is 4.39 Å². The van der Waals surface area contributed by atoms with E-state index < -0.39 is 0 Å². The molecule has 0 bridgehead atoms. The van der Waals surface area contributed by atoms with Gasteiger partial charge in [-0.25, -0.2) is 4.39 Å². The molecule has 2 rings (SSSR count). The molecule has 0 aliphatic heterocycles. The van der Waals surface area contributed by atoms with Crippen molar-refractivity contribution in [2.45, 2.75) is 31.8 Å². The van der Waals surface area contributed by atoms with Gasteiger partial charge in [0.2, 0.25) is 0 Å². The van der Waals surface area contributed by atoms with Crippen LogP contribution in [0.1, 0.15) is 24.8 Å². The maximum atomic E-state index is 13.1. The van der Waals surface area contributed by atoms with Crippen LogP contribution in [0.15, 0.2) is 18.2 Å². The highest BCUT2D eigenvalue weighted by Crippen LogP contribution is 2.25. The van der Waals surface area contributed by atoms with Gasteiger partial charge in [-0.1, -0.05) is 18.0 Å². The van der Waals surface area contributed by atoms with E-state index in [2.05, 4.69) is 5.32 Å². The van der Waals surface area contributed by atoms with Crippen molar-refractivity contribution in [3.63, 3.8) is 0 Å². The van der Waals surface area contributed by atoms with Crippen LogP contribution in [-0.4, -0.2) is 17.8 Å². The number of aliphatic hydroxyl groups excluding tert-OH is 1. The second kappa shape index (κ2) is 5.80. The molecule has 94 valence electrons. The smallest absolute Gasteiger partial charge is 0.125 e. The topological polar surface area (TPSA) is 32.3 Å². The zero-order valence-electron chi connectivity index (χ0n) is 9.63. The van der Waals surface area contributed by atoms with Crippen LogP contribution in [0.25, 0.3) is 0 Å². The number of hydrogen-bond acceptors (Lipinski definition) is 2. The molecule has 1 aliphatic rings. The summed E-state index contributed by atoms with van der Waals surface area (Å²) in [5.74, 6) is 0.0264. The first-order chi connectivity index (χ1) is 8.19. The molecule has 2 atom stereocenters. The molecule has 1 aromatic rings. The van der Waals surface area contributed by atoms with Crippen molar-refractivity contribution in [1.29, 1.82) is 0 Å². The van der Waals surface area contributed by atoms with E-state index in [1.807, 2.05) is 0 Å². The minimum Gasteiger partial charge on any atom is -0.396 e. The fourth-order valence-corrected chi connectivity index (χ4v) is 2.73. The van der Waals surface area contributed by atoms with E-state index in [0.29, 0.717) is 23.5 Å². The third-order valence-corrected chi connectivity index (χ3v) is 3.60. The van der Waals surface area contributed by atoms with Crippen molar-refractivity contribution in [1.82, 2.24) is 5.32 Å². The lowest BCUT2D eigenvalue weighted by molar-refractivity contribution is 0.205. The van der Waals surface area contributed by atoms with Gasteiger partial charge in [0.15, 0.2) is 0 Å². The molecule has 2 unspecified atom stereocenters. The first kappa shape index (κ1) is 12.8. The summed E-state index contributed by atoms with van der Waals surface area (Å²) < 4.78 is 13.1. The molecule has 17 heavy (non-hydrogen) atoms. The summed E-state index contributed by atoms with van der Waals surface area (Å²) in [6.45, 7) is 0.820. The van der Waals surface area contributed by atoms with Crippen LogP contribution in [0.5, 0.6) is 0 Å². The van der Waals surface area contributed by atoms with Gasteiger partial charge >= 0.3 is 0 Å². The average Bonchev–Trinajstić information content (AvgIpc) is 2.72. The van der Waals surface area contributed by atoms with Gasteiger partial charge in [-0.3, -0.25) is 0 Å². The van der Waals surface area contributed by atoms with Crippen molar-refractivity contribution in [3.05, 3.63) is 34.6 Å². The quantitative estimate of drug-likeness (QED) is 0.869. The van der Waals surface area contributed by atoms with Gasteiger partial charge < -0.3 is 10.4 Å². The molecule has 0 heterocycles. The number of nitrogens with one attached hydrogen (secondary N) is 1. The third-order valence-electron chi connectivity index (χ3n) is 3.38. The van der Waals surface area contributed by atoms with E-state index >= 15 is 0 Å². The zero-order chi connectivity index (χ0) is 12.3. The fraction of sp³-hybridized carbons (Fsp3) is 0.538. The fourth-order valence-electron chi connectivity index (χ4n) is 2.49. The Bertz CT molecular complexity index is 365. The van der Waals surface area contributed by atoms with Crippen LogP contribution in [-0.2, 0) is 6.54 Å². The number of benzene rings is 1. The number of rotatable bonds is 4. The van der Waals surface area contributed by atoms with Crippen LogP contribution in [0.2, 0.25) is 5.02 Å². The molecule has 1 fully saturated rings. The molecule has 2 N–H and O–H groups in total. The normalized spacial score (nSPS) is 24.2. The van der Waals surface area contributed by atoms with Gasteiger partial charge in [0, 0.05) is 24.2 Å². The molecule has 0 aromatic heterocycles. The molecule has 0 amide bonds. The maximum Gasteiger partial charge on any atom is 0.125 e. The minimum absolute atomic E-state index is 0.224. The van der Waals surface area contributed by atoms with E-state index in [-0.39, 0.29) is 12.4 Å². The summed E-state index contributed by atoms with van der Waals surface area (Å²) in [6.07, 6.45) is 3.29. The van der Waals surface area contributed by atoms with Gasteiger partial charge in [-0.05, 0) is 42.5 Å². The SMILES string of the molecule is OCC1CCCC1NCc1cc(F)cc(Cl)c1. The molecule has 1 saturated carbocycles. The molecule has 4 heteroatoms. The molecule has 1 aliphatic carbocycles. The summed E-state index contributed by atoms with van der Waals surface area (Å²) in [4.78, 5) is 0. The Morgan fingerprint density at radius 3 is 2.88 bits per heavy atom. The van der Waals surface area contributed by atoms with Crippen LogP contribution in [0.3, 0.4) is 0 Å². The second-order valence-electron chi connectivity index (χ2n) is 4.64. The monoisotopic (exact) mass is 257 g/mol.